The minimum absolute atomic E-state index is 0.0301. The molecular weight excluding hydrogens is 470 g/mol. The molecule has 1 aliphatic heterocycles. The van der Waals surface area contributed by atoms with Crippen molar-refractivity contribution in [2.45, 2.75) is 57.0 Å². The predicted molar refractivity (Wildman–Crippen MR) is 152 cm³/mol. The second-order valence-corrected chi connectivity index (χ2v) is 11.0. The van der Waals surface area contributed by atoms with Crippen LogP contribution in [0.4, 0.5) is 0 Å². The largest absolute Gasteiger partial charge is 0.349 e. The number of pyridine rings is 1. The third kappa shape index (κ3) is 5.51. The molecule has 0 bridgehead atoms. The molecule has 0 atom stereocenters. The number of hydrogen-bond acceptors (Lipinski definition) is 4. The number of carbonyl (C=O) groups excluding carboxylic acids is 1. The highest BCUT2D eigenvalue weighted by Crippen LogP contribution is 2.31. The van der Waals surface area contributed by atoms with Crippen LogP contribution < -0.4 is 5.32 Å². The lowest BCUT2D eigenvalue weighted by atomic mass is 9.83. The molecule has 4 aromatic rings. The van der Waals surface area contributed by atoms with Crippen molar-refractivity contribution in [3.63, 3.8) is 0 Å². The highest BCUT2D eigenvalue weighted by molar-refractivity contribution is 6.06. The number of nitrogens with zero attached hydrogens (tertiary/aromatic N) is 4. The van der Waals surface area contributed by atoms with Crippen LogP contribution >= 0.6 is 0 Å². The van der Waals surface area contributed by atoms with Gasteiger partial charge in [0, 0.05) is 42.5 Å². The Morgan fingerprint density at radius 1 is 0.842 bits per heavy atom. The van der Waals surface area contributed by atoms with Crippen molar-refractivity contribution >= 4 is 16.8 Å². The van der Waals surface area contributed by atoms with Crippen LogP contribution in [0.2, 0.25) is 0 Å². The van der Waals surface area contributed by atoms with Crippen molar-refractivity contribution < 1.29 is 4.79 Å². The van der Waals surface area contributed by atoms with Gasteiger partial charge in [-0.3, -0.25) is 14.5 Å². The molecule has 0 radical (unpaired) electrons. The molecule has 2 fully saturated rings. The van der Waals surface area contributed by atoms with E-state index in [4.69, 9.17) is 0 Å². The lowest BCUT2D eigenvalue weighted by molar-refractivity contribution is 0.0920. The lowest BCUT2D eigenvalue weighted by Gasteiger charge is -2.35. The average molecular weight is 508 g/mol. The van der Waals surface area contributed by atoms with Gasteiger partial charge in [-0.05, 0) is 87.2 Å². The van der Waals surface area contributed by atoms with E-state index >= 15 is 0 Å². The molecule has 1 N–H and O–H groups in total. The fourth-order valence-electron chi connectivity index (χ4n) is 6.36. The first-order valence-corrected chi connectivity index (χ1v) is 14.2. The first-order chi connectivity index (χ1) is 18.7. The van der Waals surface area contributed by atoms with Gasteiger partial charge in [-0.15, -0.1) is 0 Å². The minimum Gasteiger partial charge on any atom is -0.349 e. The van der Waals surface area contributed by atoms with Gasteiger partial charge in [-0.1, -0.05) is 42.5 Å². The Labute approximate surface area is 225 Å². The van der Waals surface area contributed by atoms with Crippen LogP contribution in [0.5, 0.6) is 0 Å². The number of rotatable bonds is 7. The molecule has 1 amide bonds. The van der Waals surface area contributed by atoms with Crippen LogP contribution in [-0.4, -0.2) is 51.2 Å². The summed E-state index contributed by atoms with van der Waals surface area (Å²) in [4.78, 5) is 20.0. The summed E-state index contributed by atoms with van der Waals surface area (Å²) in [6.45, 7) is 3.47. The maximum Gasteiger partial charge on any atom is 0.252 e. The molecule has 1 aliphatic carbocycles. The number of carbonyl (C=O) groups is 1. The summed E-state index contributed by atoms with van der Waals surface area (Å²) in [6.07, 6.45) is 11.8. The standard InChI is InChI=1S/C32H37N5O/c38-32(29-8-4-10-30-28(29)9-5-19-33-30)35-26-13-11-24(12-14-26)16-21-36-22-17-27(18-23-36)37-31(15-20-34-37)25-6-2-1-3-7-25/h1-10,15,19-20,24,26-27H,11-14,16-18,21-23H2,(H,35,38)/t24-,26-. The van der Waals surface area contributed by atoms with E-state index in [0.717, 1.165) is 61.2 Å². The van der Waals surface area contributed by atoms with Gasteiger partial charge < -0.3 is 10.2 Å². The van der Waals surface area contributed by atoms with Crippen LogP contribution in [0, 0.1) is 5.92 Å². The second kappa shape index (κ2) is 11.5. The molecule has 6 rings (SSSR count). The Bertz CT molecular complexity index is 1350. The molecule has 6 nitrogen and oxygen atoms in total. The average Bonchev–Trinajstić information content (AvgIpc) is 3.47. The highest BCUT2D eigenvalue weighted by Gasteiger charge is 2.26. The maximum atomic E-state index is 13.0. The zero-order chi connectivity index (χ0) is 25.7. The van der Waals surface area contributed by atoms with Crippen LogP contribution in [0.3, 0.4) is 0 Å². The normalized spacial score (nSPS) is 20.9. The molecule has 0 unspecified atom stereocenters. The van der Waals surface area contributed by atoms with Gasteiger partial charge in [0.25, 0.3) is 5.91 Å². The quantitative estimate of drug-likeness (QED) is 0.328. The first kappa shape index (κ1) is 24.8. The Hall–Kier alpha value is -3.51. The summed E-state index contributed by atoms with van der Waals surface area (Å²) in [5, 5.41) is 8.91. The smallest absolute Gasteiger partial charge is 0.252 e. The van der Waals surface area contributed by atoms with E-state index in [-0.39, 0.29) is 11.9 Å². The van der Waals surface area contributed by atoms with E-state index in [1.807, 2.05) is 36.5 Å². The van der Waals surface area contributed by atoms with Gasteiger partial charge in [0.05, 0.1) is 17.3 Å². The highest BCUT2D eigenvalue weighted by atomic mass is 16.1. The molecular formula is C32H37N5O. The number of benzene rings is 2. The third-order valence-corrected chi connectivity index (χ3v) is 8.57. The van der Waals surface area contributed by atoms with Gasteiger partial charge >= 0.3 is 0 Å². The number of piperidine rings is 1. The zero-order valence-corrected chi connectivity index (χ0v) is 22.0. The summed E-state index contributed by atoms with van der Waals surface area (Å²) in [5.41, 5.74) is 4.07. The van der Waals surface area contributed by atoms with Crippen LogP contribution in [-0.2, 0) is 0 Å². The summed E-state index contributed by atoms with van der Waals surface area (Å²) in [6, 6.07) is 23.1. The monoisotopic (exact) mass is 507 g/mol. The van der Waals surface area contributed by atoms with Gasteiger partial charge in [-0.25, -0.2) is 0 Å². The second-order valence-electron chi connectivity index (χ2n) is 11.0. The molecule has 38 heavy (non-hydrogen) atoms. The van der Waals surface area contributed by atoms with E-state index in [1.165, 1.54) is 37.1 Å². The first-order valence-electron chi connectivity index (χ1n) is 14.2. The molecule has 1 saturated carbocycles. The third-order valence-electron chi connectivity index (χ3n) is 8.57. The SMILES string of the molecule is O=C(N[C@H]1CC[C@H](CCN2CCC(n3nccc3-c3ccccc3)CC2)CC1)c1cccc2ncccc12. The maximum absolute atomic E-state index is 13.0. The Morgan fingerprint density at radius 2 is 1.66 bits per heavy atom. The Kier molecular flexibility index (Phi) is 7.49. The van der Waals surface area contributed by atoms with E-state index in [1.54, 1.807) is 6.20 Å². The molecule has 2 aromatic heterocycles. The fourth-order valence-corrected chi connectivity index (χ4v) is 6.36. The number of hydrogen-bond donors (Lipinski definition) is 1. The molecule has 1 saturated heterocycles. The topological polar surface area (TPSA) is 63.1 Å². The predicted octanol–water partition coefficient (Wildman–Crippen LogP) is 6.11. The van der Waals surface area contributed by atoms with Crippen molar-refractivity contribution in [2.24, 2.45) is 5.92 Å². The zero-order valence-electron chi connectivity index (χ0n) is 22.0. The van der Waals surface area contributed by atoms with Gasteiger partial charge in [-0.2, -0.15) is 5.10 Å². The molecule has 3 heterocycles. The summed E-state index contributed by atoms with van der Waals surface area (Å²) >= 11 is 0. The van der Waals surface area contributed by atoms with Crippen molar-refractivity contribution in [2.75, 3.05) is 19.6 Å². The van der Waals surface area contributed by atoms with Gasteiger partial charge in [0.1, 0.15) is 0 Å². The number of amides is 1. The fraction of sp³-hybridized carbons (Fsp3) is 0.406. The van der Waals surface area contributed by atoms with Crippen molar-refractivity contribution in [3.05, 3.63) is 84.7 Å². The number of likely N-dealkylation sites (tertiary alicyclic amines) is 1. The Balaban J connectivity index is 0.943. The van der Waals surface area contributed by atoms with Crippen LogP contribution in [0.15, 0.2) is 79.1 Å². The number of nitrogens with one attached hydrogen (secondary N) is 1. The molecule has 2 aromatic carbocycles. The van der Waals surface area contributed by atoms with E-state index < -0.39 is 0 Å². The Morgan fingerprint density at radius 3 is 2.47 bits per heavy atom. The van der Waals surface area contributed by atoms with Crippen LogP contribution in [0.1, 0.15) is 61.3 Å². The van der Waals surface area contributed by atoms with E-state index in [0.29, 0.717) is 6.04 Å². The van der Waals surface area contributed by atoms with Crippen molar-refractivity contribution in [1.82, 2.24) is 25.0 Å². The number of aromatic nitrogens is 3. The van der Waals surface area contributed by atoms with E-state index in [2.05, 4.69) is 61.4 Å². The number of fused-ring (bicyclic) bond motifs is 1. The summed E-state index contributed by atoms with van der Waals surface area (Å²) in [7, 11) is 0. The van der Waals surface area contributed by atoms with Gasteiger partial charge in [0.2, 0.25) is 0 Å². The summed E-state index contributed by atoms with van der Waals surface area (Å²) < 4.78 is 2.25. The van der Waals surface area contributed by atoms with Gasteiger partial charge in [0.15, 0.2) is 0 Å². The minimum atomic E-state index is 0.0301. The summed E-state index contributed by atoms with van der Waals surface area (Å²) in [5.74, 6) is 0.793. The molecule has 6 heteroatoms. The molecule has 196 valence electrons. The van der Waals surface area contributed by atoms with E-state index in [9.17, 15) is 4.79 Å². The van der Waals surface area contributed by atoms with Crippen molar-refractivity contribution in [1.29, 1.82) is 0 Å². The van der Waals surface area contributed by atoms with Crippen LogP contribution in [0.25, 0.3) is 22.2 Å². The molecule has 0 spiro atoms. The lowest BCUT2D eigenvalue weighted by Crippen LogP contribution is -2.39. The van der Waals surface area contributed by atoms with Crippen molar-refractivity contribution in [3.8, 4) is 11.3 Å². The molecule has 2 aliphatic rings.